The van der Waals surface area contributed by atoms with E-state index in [1.54, 1.807) is 7.11 Å². The molecule has 0 spiro atoms. The first-order chi connectivity index (χ1) is 11.2. The molecule has 2 heteroatoms. The van der Waals surface area contributed by atoms with E-state index in [0.717, 1.165) is 18.1 Å². The van der Waals surface area contributed by atoms with E-state index in [1.165, 1.54) is 43.2 Å². The standard InChI is InChI=1S/C22H32O2/c1-20(2)10-6-11-22(4)17(20)9-12-21(3)15-7-8-16(23)19(24-5)14(15)13-18(21)22/h7-8,17-18,23H,6,9-13H2,1-5H3/t17-,18-,21+,22-/m0/s1. The number of phenols is 1. The molecule has 0 bridgehead atoms. The van der Waals surface area contributed by atoms with Gasteiger partial charge in [0.05, 0.1) is 7.11 Å². The Kier molecular flexibility index (Phi) is 3.34. The molecule has 2 saturated carbocycles. The molecule has 1 aromatic carbocycles. The van der Waals surface area contributed by atoms with Crippen LogP contribution in [0.5, 0.6) is 11.5 Å². The Bertz CT molecular complexity index is 677. The Balaban J connectivity index is 1.84. The van der Waals surface area contributed by atoms with E-state index in [9.17, 15) is 5.11 Å². The molecule has 0 aliphatic heterocycles. The molecule has 0 saturated heterocycles. The fourth-order valence-electron chi connectivity index (χ4n) is 7.22. The highest BCUT2D eigenvalue weighted by atomic mass is 16.5. The van der Waals surface area contributed by atoms with Crippen molar-refractivity contribution in [3.05, 3.63) is 23.3 Å². The zero-order valence-corrected chi connectivity index (χ0v) is 15.9. The number of fused-ring (bicyclic) bond motifs is 5. The average molecular weight is 328 g/mol. The first-order valence-corrected chi connectivity index (χ1v) is 9.63. The molecule has 0 amide bonds. The van der Waals surface area contributed by atoms with Gasteiger partial charge in [-0.2, -0.15) is 0 Å². The lowest BCUT2D eigenvalue weighted by atomic mass is 9.43. The second-order valence-corrected chi connectivity index (χ2v) is 9.76. The maximum Gasteiger partial charge on any atom is 0.163 e. The molecule has 1 N–H and O–H groups in total. The van der Waals surface area contributed by atoms with Crippen LogP contribution in [0.25, 0.3) is 0 Å². The van der Waals surface area contributed by atoms with Crippen LogP contribution in [-0.2, 0) is 11.8 Å². The van der Waals surface area contributed by atoms with Gasteiger partial charge >= 0.3 is 0 Å². The summed E-state index contributed by atoms with van der Waals surface area (Å²) in [6.45, 7) is 10.0. The van der Waals surface area contributed by atoms with Gasteiger partial charge < -0.3 is 9.84 Å². The Morgan fingerprint density at radius 3 is 2.50 bits per heavy atom. The number of methoxy groups -OCH3 is 1. The highest BCUT2D eigenvalue weighted by Crippen LogP contribution is 2.68. The molecule has 24 heavy (non-hydrogen) atoms. The maximum absolute atomic E-state index is 10.2. The fourth-order valence-corrected chi connectivity index (χ4v) is 7.22. The summed E-state index contributed by atoms with van der Waals surface area (Å²) in [5.41, 5.74) is 3.79. The highest BCUT2D eigenvalue weighted by molar-refractivity contribution is 5.56. The van der Waals surface area contributed by atoms with Crippen LogP contribution in [0, 0.1) is 22.7 Å². The zero-order valence-electron chi connectivity index (χ0n) is 15.9. The minimum Gasteiger partial charge on any atom is -0.504 e. The Hall–Kier alpha value is -1.18. The summed E-state index contributed by atoms with van der Waals surface area (Å²) in [4.78, 5) is 0. The van der Waals surface area contributed by atoms with E-state index >= 15 is 0 Å². The van der Waals surface area contributed by atoms with Crippen LogP contribution in [0.4, 0.5) is 0 Å². The minimum absolute atomic E-state index is 0.231. The molecular weight excluding hydrogens is 296 g/mol. The first-order valence-electron chi connectivity index (χ1n) is 9.63. The predicted molar refractivity (Wildman–Crippen MR) is 97.7 cm³/mol. The molecule has 0 heterocycles. The van der Waals surface area contributed by atoms with Gasteiger partial charge in [0.15, 0.2) is 11.5 Å². The van der Waals surface area contributed by atoms with Crippen LogP contribution in [0.1, 0.15) is 70.9 Å². The lowest BCUT2D eigenvalue weighted by Gasteiger charge is -2.61. The van der Waals surface area contributed by atoms with E-state index in [4.69, 9.17) is 4.74 Å². The quantitative estimate of drug-likeness (QED) is 0.742. The van der Waals surface area contributed by atoms with E-state index in [1.807, 2.05) is 6.07 Å². The molecule has 4 rings (SSSR count). The normalized spacial score (nSPS) is 39.7. The molecule has 4 atom stereocenters. The summed E-state index contributed by atoms with van der Waals surface area (Å²) in [5, 5.41) is 10.2. The molecular formula is C22H32O2. The number of hydrogen-bond donors (Lipinski definition) is 1. The number of aromatic hydroxyl groups is 1. The van der Waals surface area contributed by atoms with Crippen LogP contribution >= 0.6 is 0 Å². The van der Waals surface area contributed by atoms with E-state index in [-0.39, 0.29) is 5.41 Å². The van der Waals surface area contributed by atoms with Crippen molar-refractivity contribution in [3.63, 3.8) is 0 Å². The fraction of sp³-hybridized carbons (Fsp3) is 0.727. The lowest BCUT2D eigenvalue weighted by molar-refractivity contribution is -0.0982. The third kappa shape index (κ3) is 1.89. The predicted octanol–water partition coefficient (Wildman–Crippen LogP) is 5.46. The van der Waals surface area contributed by atoms with Crippen molar-refractivity contribution in [1.29, 1.82) is 0 Å². The number of ether oxygens (including phenoxy) is 1. The molecule has 132 valence electrons. The van der Waals surface area contributed by atoms with Crippen LogP contribution in [0.3, 0.4) is 0 Å². The second-order valence-electron chi connectivity index (χ2n) is 9.76. The van der Waals surface area contributed by atoms with Crippen molar-refractivity contribution in [3.8, 4) is 11.5 Å². The third-order valence-electron chi connectivity index (χ3n) is 8.26. The second kappa shape index (κ2) is 4.93. The summed E-state index contributed by atoms with van der Waals surface area (Å²) in [6, 6.07) is 4.01. The molecule has 2 fully saturated rings. The Morgan fingerprint density at radius 2 is 1.79 bits per heavy atom. The Labute approximate surface area is 146 Å². The van der Waals surface area contributed by atoms with Crippen LogP contribution in [0.2, 0.25) is 0 Å². The van der Waals surface area contributed by atoms with Gasteiger partial charge in [-0.1, -0.05) is 40.2 Å². The largest absolute Gasteiger partial charge is 0.504 e. The van der Waals surface area contributed by atoms with Crippen LogP contribution < -0.4 is 4.74 Å². The Morgan fingerprint density at radius 1 is 1.04 bits per heavy atom. The molecule has 0 aromatic heterocycles. The summed E-state index contributed by atoms with van der Waals surface area (Å²) >= 11 is 0. The summed E-state index contributed by atoms with van der Waals surface area (Å²) < 4.78 is 5.60. The first kappa shape index (κ1) is 16.3. The third-order valence-corrected chi connectivity index (χ3v) is 8.26. The van der Waals surface area contributed by atoms with Crippen LogP contribution in [0.15, 0.2) is 12.1 Å². The molecule has 0 unspecified atom stereocenters. The van der Waals surface area contributed by atoms with Gasteiger partial charge in [0, 0.05) is 5.56 Å². The van der Waals surface area contributed by atoms with Gasteiger partial charge in [-0.3, -0.25) is 0 Å². The van der Waals surface area contributed by atoms with Crippen molar-refractivity contribution >= 4 is 0 Å². The van der Waals surface area contributed by atoms with Gasteiger partial charge in [0.25, 0.3) is 0 Å². The van der Waals surface area contributed by atoms with Gasteiger partial charge in [-0.15, -0.1) is 0 Å². The van der Waals surface area contributed by atoms with Gasteiger partial charge in [0.1, 0.15) is 0 Å². The zero-order chi connectivity index (χ0) is 17.3. The smallest absolute Gasteiger partial charge is 0.163 e. The number of phenolic OH excluding ortho intramolecular Hbond substituents is 1. The lowest BCUT2D eigenvalue weighted by Crippen LogP contribution is -2.55. The molecule has 1 aromatic rings. The number of rotatable bonds is 1. The topological polar surface area (TPSA) is 29.5 Å². The van der Waals surface area contributed by atoms with Crippen molar-refractivity contribution in [2.75, 3.05) is 7.11 Å². The van der Waals surface area contributed by atoms with E-state index in [0.29, 0.717) is 22.5 Å². The summed E-state index contributed by atoms with van der Waals surface area (Å²) in [7, 11) is 1.69. The number of benzene rings is 1. The molecule has 3 aliphatic carbocycles. The van der Waals surface area contributed by atoms with Gasteiger partial charge in [-0.05, 0) is 71.8 Å². The molecule has 0 radical (unpaired) electrons. The highest BCUT2D eigenvalue weighted by Gasteiger charge is 2.61. The molecule has 3 aliphatic rings. The molecule has 2 nitrogen and oxygen atoms in total. The number of hydrogen-bond acceptors (Lipinski definition) is 2. The van der Waals surface area contributed by atoms with Crippen molar-refractivity contribution < 1.29 is 9.84 Å². The van der Waals surface area contributed by atoms with Gasteiger partial charge in [0.2, 0.25) is 0 Å². The average Bonchev–Trinajstić information content (AvgIpc) is 2.80. The van der Waals surface area contributed by atoms with Crippen LogP contribution in [-0.4, -0.2) is 12.2 Å². The van der Waals surface area contributed by atoms with Crippen molar-refractivity contribution in [1.82, 2.24) is 0 Å². The summed E-state index contributed by atoms with van der Waals surface area (Å²) in [6.07, 6.45) is 7.73. The SMILES string of the molecule is COc1c(O)ccc2c1C[C@@H]1[C@@]3(C)CCCC(C)(C)[C@@H]3CC[C@]21C. The van der Waals surface area contributed by atoms with E-state index in [2.05, 4.69) is 33.8 Å². The van der Waals surface area contributed by atoms with Crippen molar-refractivity contribution in [2.45, 2.75) is 71.6 Å². The van der Waals surface area contributed by atoms with E-state index < -0.39 is 0 Å². The maximum atomic E-state index is 10.2. The summed E-state index contributed by atoms with van der Waals surface area (Å²) in [5.74, 6) is 2.49. The minimum atomic E-state index is 0.231. The monoisotopic (exact) mass is 328 g/mol. The van der Waals surface area contributed by atoms with Gasteiger partial charge in [-0.25, -0.2) is 0 Å². The van der Waals surface area contributed by atoms with Crippen molar-refractivity contribution in [2.24, 2.45) is 22.7 Å².